The van der Waals surface area contributed by atoms with Crippen LogP contribution in [-0.4, -0.2) is 47.0 Å². The molecule has 0 aliphatic carbocycles. The van der Waals surface area contributed by atoms with Gasteiger partial charge in [-0.15, -0.1) is 0 Å². The Bertz CT molecular complexity index is 984. The summed E-state index contributed by atoms with van der Waals surface area (Å²) in [7, 11) is -2.50. The van der Waals surface area contributed by atoms with Crippen molar-refractivity contribution in [2.45, 2.75) is 84.1 Å². The highest BCUT2D eigenvalue weighted by Crippen LogP contribution is 2.35. The average molecular weight is 582 g/mol. The Morgan fingerprint density at radius 3 is 2.12 bits per heavy atom. The van der Waals surface area contributed by atoms with E-state index in [1.54, 1.807) is 12.0 Å². The molecule has 0 atom stereocenters. The summed E-state index contributed by atoms with van der Waals surface area (Å²) >= 11 is 0. The van der Waals surface area contributed by atoms with E-state index in [0.717, 1.165) is 29.0 Å². The molecule has 8 N–H and O–H groups in total. The summed E-state index contributed by atoms with van der Waals surface area (Å²) in [4.78, 5) is 33.2. The SMILES string of the molecule is CCCCCCCCCCOc1cccc(CCC(=O)N(CCCP(=O)(O)O)Cc2ccc(OC)cc2)c1.N.N. The predicted octanol–water partition coefficient (Wildman–Crippen LogP) is 7.07. The Kier molecular flexibility index (Phi) is 20.1. The lowest BCUT2D eigenvalue weighted by Gasteiger charge is -2.23. The maximum Gasteiger partial charge on any atom is 0.325 e. The second-order valence-electron chi connectivity index (χ2n) is 9.88. The van der Waals surface area contributed by atoms with Crippen molar-refractivity contribution >= 4 is 13.5 Å². The number of amides is 1. The van der Waals surface area contributed by atoms with E-state index in [1.807, 2.05) is 48.5 Å². The van der Waals surface area contributed by atoms with Gasteiger partial charge in [0.2, 0.25) is 5.91 Å². The van der Waals surface area contributed by atoms with Crippen LogP contribution in [0.4, 0.5) is 0 Å². The third-order valence-corrected chi connectivity index (χ3v) is 7.45. The van der Waals surface area contributed by atoms with Crippen LogP contribution in [0.5, 0.6) is 11.5 Å². The molecular formula is C30H52N3O6P. The molecule has 0 saturated heterocycles. The lowest BCUT2D eigenvalue weighted by Crippen LogP contribution is -2.32. The molecule has 0 bridgehead atoms. The minimum absolute atomic E-state index is 0. The fraction of sp³-hybridized carbons (Fsp3) is 0.567. The number of aryl methyl sites for hydroxylation is 1. The van der Waals surface area contributed by atoms with Crippen molar-refractivity contribution < 1.29 is 28.6 Å². The smallest absolute Gasteiger partial charge is 0.325 e. The summed E-state index contributed by atoms with van der Waals surface area (Å²) in [5, 5.41) is 0. The zero-order valence-corrected chi connectivity index (χ0v) is 25.5. The maximum atomic E-state index is 13.1. The first-order chi connectivity index (χ1) is 18.3. The summed E-state index contributed by atoms with van der Waals surface area (Å²) in [5.74, 6) is 1.52. The van der Waals surface area contributed by atoms with Gasteiger partial charge in [-0.05, 0) is 54.7 Å². The van der Waals surface area contributed by atoms with Crippen molar-refractivity contribution in [3.63, 3.8) is 0 Å². The van der Waals surface area contributed by atoms with Crippen LogP contribution in [-0.2, 0) is 22.3 Å². The van der Waals surface area contributed by atoms with Crippen LogP contribution >= 0.6 is 7.60 Å². The second-order valence-corrected chi connectivity index (χ2v) is 11.7. The lowest BCUT2D eigenvalue weighted by atomic mass is 10.1. The normalized spacial score (nSPS) is 10.8. The number of benzene rings is 2. The van der Waals surface area contributed by atoms with Crippen LogP contribution in [0.1, 0.15) is 82.3 Å². The van der Waals surface area contributed by atoms with Gasteiger partial charge in [0.25, 0.3) is 0 Å². The van der Waals surface area contributed by atoms with Gasteiger partial charge in [-0.1, -0.05) is 76.1 Å². The number of ether oxygens (including phenoxy) is 2. The molecule has 2 aromatic rings. The molecule has 0 aromatic heterocycles. The zero-order valence-electron chi connectivity index (χ0n) is 24.6. The summed E-state index contributed by atoms with van der Waals surface area (Å²) in [6.07, 6.45) is 11.0. The van der Waals surface area contributed by atoms with Crippen molar-refractivity contribution in [1.29, 1.82) is 0 Å². The Morgan fingerprint density at radius 1 is 0.850 bits per heavy atom. The number of unbranched alkanes of at least 4 members (excludes halogenated alkanes) is 7. The largest absolute Gasteiger partial charge is 0.497 e. The molecule has 0 saturated carbocycles. The van der Waals surface area contributed by atoms with Crippen LogP contribution < -0.4 is 21.8 Å². The molecular weight excluding hydrogens is 529 g/mol. The van der Waals surface area contributed by atoms with Crippen LogP contribution in [0.3, 0.4) is 0 Å². The number of carbonyl (C=O) groups is 1. The minimum atomic E-state index is -4.10. The molecule has 0 unspecified atom stereocenters. The number of carbonyl (C=O) groups excluding carboxylic acids is 1. The molecule has 228 valence electrons. The molecule has 2 rings (SSSR count). The lowest BCUT2D eigenvalue weighted by molar-refractivity contribution is -0.131. The third kappa shape index (κ3) is 16.6. The fourth-order valence-corrected chi connectivity index (χ4v) is 4.89. The molecule has 0 aliphatic rings. The van der Waals surface area contributed by atoms with E-state index in [1.165, 1.54) is 44.9 Å². The first kappa shape index (κ1) is 37.6. The maximum absolute atomic E-state index is 13.1. The Morgan fingerprint density at radius 2 is 1.50 bits per heavy atom. The molecule has 10 heteroatoms. The predicted molar refractivity (Wildman–Crippen MR) is 163 cm³/mol. The van der Waals surface area contributed by atoms with Crippen LogP contribution in [0.25, 0.3) is 0 Å². The second kappa shape index (κ2) is 21.3. The van der Waals surface area contributed by atoms with Gasteiger partial charge < -0.3 is 36.5 Å². The number of rotatable bonds is 20. The van der Waals surface area contributed by atoms with E-state index in [2.05, 4.69) is 6.92 Å². The highest BCUT2D eigenvalue weighted by molar-refractivity contribution is 7.51. The highest BCUT2D eigenvalue weighted by Gasteiger charge is 2.18. The van der Waals surface area contributed by atoms with Gasteiger partial charge in [0.1, 0.15) is 11.5 Å². The van der Waals surface area contributed by atoms with E-state index >= 15 is 0 Å². The Hall–Kier alpha value is -2.42. The summed E-state index contributed by atoms with van der Waals surface area (Å²) in [6.45, 7) is 3.61. The van der Waals surface area contributed by atoms with Crippen LogP contribution in [0.2, 0.25) is 0 Å². The molecule has 0 fully saturated rings. The number of methoxy groups -OCH3 is 1. The van der Waals surface area contributed by atoms with E-state index in [-0.39, 0.29) is 37.3 Å². The topological polar surface area (TPSA) is 166 Å². The molecule has 0 radical (unpaired) electrons. The van der Waals surface area contributed by atoms with Crippen molar-refractivity contribution in [3.05, 3.63) is 59.7 Å². The summed E-state index contributed by atoms with van der Waals surface area (Å²) < 4.78 is 22.4. The monoisotopic (exact) mass is 581 g/mol. The van der Waals surface area contributed by atoms with Crippen molar-refractivity contribution in [3.8, 4) is 11.5 Å². The molecule has 0 heterocycles. The zero-order chi connectivity index (χ0) is 27.6. The fourth-order valence-electron chi connectivity index (χ4n) is 4.34. The van der Waals surface area contributed by atoms with Gasteiger partial charge in [-0.2, -0.15) is 0 Å². The third-order valence-electron chi connectivity index (χ3n) is 6.56. The van der Waals surface area contributed by atoms with E-state index < -0.39 is 7.60 Å². The van der Waals surface area contributed by atoms with Crippen LogP contribution in [0, 0.1) is 0 Å². The van der Waals surface area contributed by atoms with Gasteiger partial charge in [0.05, 0.1) is 19.9 Å². The average Bonchev–Trinajstić information content (AvgIpc) is 2.90. The standard InChI is InChI=1S/C30H46NO6P.2H3N/c1-3-4-5-6-7-8-9-10-22-37-29-14-11-13-26(24-29)17-20-30(32)31(21-12-23-38(33,34)35)25-27-15-18-28(36-2)19-16-27;;/h11,13-16,18-19,24H,3-10,12,17,20-23,25H2,1-2H3,(H2,33,34,35);2*1H3. The summed E-state index contributed by atoms with van der Waals surface area (Å²) in [5.41, 5.74) is 1.97. The summed E-state index contributed by atoms with van der Waals surface area (Å²) in [6, 6.07) is 15.4. The number of hydrogen-bond acceptors (Lipinski definition) is 6. The van der Waals surface area contributed by atoms with Gasteiger partial charge in [-0.3, -0.25) is 9.36 Å². The van der Waals surface area contributed by atoms with Gasteiger partial charge >= 0.3 is 7.60 Å². The molecule has 1 amide bonds. The van der Waals surface area contributed by atoms with Gasteiger partial charge in [0.15, 0.2) is 0 Å². The van der Waals surface area contributed by atoms with Gasteiger partial charge in [-0.25, -0.2) is 0 Å². The Labute approximate surface area is 241 Å². The molecule has 0 aliphatic heterocycles. The molecule has 40 heavy (non-hydrogen) atoms. The Balaban J connectivity index is 0.00000760. The first-order valence-corrected chi connectivity index (χ1v) is 15.8. The molecule has 0 spiro atoms. The molecule has 9 nitrogen and oxygen atoms in total. The first-order valence-electron chi connectivity index (χ1n) is 14.0. The van der Waals surface area contributed by atoms with Crippen molar-refractivity contribution in [2.24, 2.45) is 0 Å². The number of hydrogen-bond donors (Lipinski definition) is 4. The van der Waals surface area contributed by atoms with Crippen molar-refractivity contribution in [2.75, 3.05) is 26.4 Å². The quantitative estimate of drug-likeness (QED) is 0.0951. The van der Waals surface area contributed by atoms with E-state index in [0.29, 0.717) is 26.0 Å². The molecule has 2 aromatic carbocycles. The number of nitrogens with zero attached hydrogens (tertiary/aromatic N) is 1. The van der Waals surface area contributed by atoms with E-state index in [9.17, 15) is 19.1 Å². The van der Waals surface area contributed by atoms with Crippen LogP contribution in [0.15, 0.2) is 48.5 Å². The van der Waals surface area contributed by atoms with E-state index in [4.69, 9.17) is 9.47 Å². The highest BCUT2D eigenvalue weighted by atomic mass is 31.2. The van der Waals surface area contributed by atoms with Crippen molar-refractivity contribution in [1.82, 2.24) is 17.2 Å². The van der Waals surface area contributed by atoms with Gasteiger partial charge in [0, 0.05) is 19.5 Å². The minimum Gasteiger partial charge on any atom is -0.497 e.